The van der Waals surface area contributed by atoms with Crippen molar-refractivity contribution < 1.29 is 4.79 Å². The number of fused-ring (bicyclic) bond motifs is 3. The van der Waals surface area contributed by atoms with Crippen molar-refractivity contribution in [2.75, 3.05) is 19.0 Å². The SMILES string of the molecule is CN(C)c1ccc(/C=N/NC(=O)C2Cc3c([nH]c4ccccc34)CN2)cc1. The van der Waals surface area contributed by atoms with Gasteiger partial charge in [-0.15, -0.1) is 0 Å². The van der Waals surface area contributed by atoms with Gasteiger partial charge in [-0.25, -0.2) is 5.43 Å². The molecule has 0 spiro atoms. The van der Waals surface area contributed by atoms with Crippen LogP contribution in [0, 0.1) is 0 Å². The van der Waals surface area contributed by atoms with Gasteiger partial charge in [0, 0.05) is 42.9 Å². The van der Waals surface area contributed by atoms with Crippen LogP contribution in [0.25, 0.3) is 10.9 Å². The highest BCUT2D eigenvalue weighted by atomic mass is 16.2. The van der Waals surface area contributed by atoms with Crippen LogP contribution in [0.5, 0.6) is 0 Å². The Balaban J connectivity index is 1.40. The lowest BCUT2D eigenvalue weighted by Gasteiger charge is -2.22. The first-order valence-electron chi connectivity index (χ1n) is 9.04. The van der Waals surface area contributed by atoms with Crippen molar-refractivity contribution in [3.8, 4) is 0 Å². The van der Waals surface area contributed by atoms with Gasteiger partial charge in [0.25, 0.3) is 5.91 Å². The maximum Gasteiger partial charge on any atom is 0.257 e. The normalized spacial score (nSPS) is 16.4. The third-order valence-corrected chi connectivity index (χ3v) is 4.95. The molecule has 0 fully saturated rings. The Labute approximate surface area is 158 Å². The Kier molecular flexibility index (Phi) is 4.64. The second kappa shape index (κ2) is 7.25. The number of aromatic nitrogens is 1. The number of amides is 1. The molecule has 1 unspecified atom stereocenters. The molecule has 27 heavy (non-hydrogen) atoms. The molecule has 0 saturated carbocycles. The summed E-state index contributed by atoms with van der Waals surface area (Å²) >= 11 is 0. The molecule has 1 aliphatic rings. The molecule has 6 heteroatoms. The largest absolute Gasteiger partial charge is 0.378 e. The van der Waals surface area contributed by atoms with Crippen LogP contribution in [0.2, 0.25) is 0 Å². The summed E-state index contributed by atoms with van der Waals surface area (Å²) in [7, 11) is 4.00. The van der Waals surface area contributed by atoms with Gasteiger partial charge in [-0.3, -0.25) is 10.1 Å². The molecule has 138 valence electrons. The number of para-hydroxylation sites is 1. The summed E-state index contributed by atoms with van der Waals surface area (Å²) < 4.78 is 0. The number of rotatable bonds is 4. The summed E-state index contributed by atoms with van der Waals surface area (Å²) in [4.78, 5) is 18.0. The number of nitrogens with zero attached hydrogens (tertiary/aromatic N) is 2. The molecule has 3 aromatic rings. The number of anilines is 1. The number of hydrogen-bond acceptors (Lipinski definition) is 4. The third kappa shape index (κ3) is 3.57. The molecule has 4 rings (SSSR count). The van der Waals surface area contributed by atoms with Crippen LogP contribution in [0.3, 0.4) is 0 Å². The van der Waals surface area contributed by atoms with Crippen molar-refractivity contribution in [3.05, 3.63) is 65.4 Å². The molecule has 1 aliphatic heterocycles. The van der Waals surface area contributed by atoms with E-state index in [1.165, 1.54) is 10.9 Å². The smallest absolute Gasteiger partial charge is 0.257 e. The highest BCUT2D eigenvalue weighted by molar-refractivity contribution is 5.89. The van der Waals surface area contributed by atoms with Crippen LogP contribution in [-0.4, -0.2) is 37.2 Å². The number of aromatic amines is 1. The number of benzene rings is 2. The summed E-state index contributed by atoms with van der Waals surface area (Å²) in [5, 5.41) is 8.58. The van der Waals surface area contributed by atoms with Gasteiger partial charge < -0.3 is 9.88 Å². The quantitative estimate of drug-likeness (QED) is 0.494. The fraction of sp³-hybridized carbons (Fsp3) is 0.238. The van der Waals surface area contributed by atoms with Crippen LogP contribution in [0.1, 0.15) is 16.8 Å². The number of carbonyl (C=O) groups excluding carboxylic acids is 1. The lowest BCUT2D eigenvalue weighted by Crippen LogP contribution is -2.46. The molecule has 1 aromatic heterocycles. The third-order valence-electron chi connectivity index (χ3n) is 4.95. The Morgan fingerprint density at radius 1 is 1.19 bits per heavy atom. The summed E-state index contributed by atoms with van der Waals surface area (Å²) in [6.45, 7) is 0.651. The topological polar surface area (TPSA) is 72.5 Å². The van der Waals surface area contributed by atoms with Gasteiger partial charge in [0.1, 0.15) is 0 Å². The Bertz CT molecular complexity index is 987. The molecule has 1 amide bonds. The Morgan fingerprint density at radius 2 is 1.96 bits per heavy atom. The van der Waals surface area contributed by atoms with Crippen LogP contribution in [0.15, 0.2) is 53.6 Å². The molecule has 2 aromatic carbocycles. The second-order valence-corrected chi connectivity index (χ2v) is 6.99. The molecule has 6 nitrogen and oxygen atoms in total. The van der Waals surface area contributed by atoms with Gasteiger partial charge in [-0.05, 0) is 35.7 Å². The molecular weight excluding hydrogens is 338 g/mol. The van der Waals surface area contributed by atoms with E-state index < -0.39 is 0 Å². The van der Waals surface area contributed by atoms with Gasteiger partial charge in [0.2, 0.25) is 0 Å². The van der Waals surface area contributed by atoms with Gasteiger partial charge in [0.05, 0.1) is 12.3 Å². The molecule has 0 radical (unpaired) electrons. The molecule has 0 saturated heterocycles. The van der Waals surface area contributed by atoms with E-state index in [1.807, 2.05) is 55.4 Å². The van der Waals surface area contributed by atoms with Gasteiger partial charge in [0.15, 0.2) is 0 Å². The lowest BCUT2D eigenvalue weighted by atomic mass is 9.98. The van der Waals surface area contributed by atoms with E-state index in [9.17, 15) is 4.79 Å². The summed E-state index contributed by atoms with van der Waals surface area (Å²) in [5.74, 6) is -0.118. The summed E-state index contributed by atoms with van der Waals surface area (Å²) in [6, 6.07) is 15.9. The lowest BCUT2D eigenvalue weighted by molar-refractivity contribution is -0.123. The van der Waals surface area contributed by atoms with E-state index in [0.29, 0.717) is 13.0 Å². The van der Waals surface area contributed by atoms with Crippen LogP contribution in [0.4, 0.5) is 5.69 Å². The molecule has 2 heterocycles. The zero-order valence-corrected chi connectivity index (χ0v) is 15.5. The van der Waals surface area contributed by atoms with Crippen LogP contribution in [-0.2, 0) is 17.8 Å². The molecule has 0 aliphatic carbocycles. The first kappa shape index (κ1) is 17.3. The van der Waals surface area contributed by atoms with E-state index in [1.54, 1.807) is 6.21 Å². The highest BCUT2D eigenvalue weighted by Crippen LogP contribution is 2.26. The zero-order chi connectivity index (χ0) is 18.8. The van der Waals surface area contributed by atoms with Crippen LogP contribution < -0.4 is 15.6 Å². The second-order valence-electron chi connectivity index (χ2n) is 6.99. The van der Waals surface area contributed by atoms with Crippen molar-refractivity contribution in [2.24, 2.45) is 5.10 Å². The minimum absolute atomic E-state index is 0.118. The Morgan fingerprint density at radius 3 is 2.74 bits per heavy atom. The van der Waals surface area contributed by atoms with Crippen molar-refractivity contribution >= 4 is 28.7 Å². The van der Waals surface area contributed by atoms with Crippen molar-refractivity contribution in [1.29, 1.82) is 0 Å². The maximum atomic E-state index is 12.5. The summed E-state index contributed by atoms with van der Waals surface area (Å²) in [5.41, 5.74) is 8.21. The minimum Gasteiger partial charge on any atom is -0.378 e. The standard InChI is InChI=1S/C21H23N5O/c1-26(2)15-9-7-14(8-10-15)12-23-25-21(27)19-11-17-16-5-3-4-6-18(16)24-20(17)13-22-19/h3-10,12,19,22,24H,11,13H2,1-2H3,(H,25,27)/b23-12+. The number of H-pyrrole nitrogens is 1. The fourth-order valence-corrected chi connectivity index (χ4v) is 3.43. The van der Waals surface area contributed by atoms with E-state index >= 15 is 0 Å². The number of nitrogens with one attached hydrogen (secondary N) is 3. The zero-order valence-electron chi connectivity index (χ0n) is 15.5. The van der Waals surface area contributed by atoms with Crippen molar-refractivity contribution in [2.45, 2.75) is 19.0 Å². The van der Waals surface area contributed by atoms with Crippen molar-refractivity contribution in [1.82, 2.24) is 15.7 Å². The van der Waals surface area contributed by atoms with Gasteiger partial charge in [-0.2, -0.15) is 5.10 Å². The predicted octanol–water partition coefficient (Wildman–Crippen LogP) is 2.40. The Hall–Kier alpha value is -3.12. The van der Waals surface area contributed by atoms with Crippen molar-refractivity contribution in [3.63, 3.8) is 0 Å². The monoisotopic (exact) mass is 361 g/mol. The van der Waals surface area contributed by atoms with Gasteiger partial charge >= 0.3 is 0 Å². The molecule has 3 N–H and O–H groups in total. The first-order chi connectivity index (χ1) is 13.1. The average molecular weight is 361 g/mol. The maximum absolute atomic E-state index is 12.5. The molecule has 1 atom stereocenters. The highest BCUT2D eigenvalue weighted by Gasteiger charge is 2.26. The van der Waals surface area contributed by atoms with E-state index in [-0.39, 0.29) is 11.9 Å². The fourth-order valence-electron chi connectivity index (χ4n) is 3.43. The number of carbonyl (C=O) groups is 1. The molecule has 0 bridgehead atoms. The average Bonchev–Trinajstić information content (AvgIpc) is 3.06. The summed E-state index contributed by atoms with van der Waals surface area (Å²) in [6.07, 6.45) is 2.32. The van der Waals surface area contributed by atoms with Gasteiger partial charge in [-0.1, -0.05) is 30.3 Å². The van der Waals surface area contributed by atoms with Crippen LogP contribution >= 0.6 is 0 Å². The minimum atomic E-state index is -0.287. The van der Waals surface area contributed by atoms with E-state index in [2.05, 4.69) is 33.0 Å². The van der Waals surface area contributed by atoms with E-state index in [0.717, 1.165) is 22.5 Å². The van der Waals surface area contributed by atoms with E-state index in [4.69, 9.17) is 0 Å². The molecular formula is C21H23N5O. The number of hydrazone groups is 1. The number of hydrogen-bond donors (Lipinski definition) is 3. The first-order valence-corrected chi connectivity index (χ1v) is 9.04. The predicted molar refractivity (Wildman–Crippen MR) is 109 cm³/mol.